The van der Waals surface area contributed by atoms with Gasteiger partial charge in [0.2, 0.25) is 0 Å². The van der Waals surface area contributed by atoms with E-state index in [-0.39, 0.29) is 23.7 Å². The van der Waals surface area contributed by atoms with E-state index in [0.717, 1.165) is 12.8 Å². The lowest BCUT2D eigenvalue weighted by atomic mass is 9.50. The van der Waals surface area contributed by atoms with E-state index >= 15 is 0 Å². The summed E-state index contributed by atoms with van der Waals surface area (Å²) in [6, 6.07) is 0. The van der Waals surface area contributed by atoms with Gasteiger partial charge in [-0.3, -0.25) is 4.79 Å². The van der Waals surface area contributed by atoms with E-state index in [2.05, 4.69) is 6.92 Å². The molecule has 88 valence electrons. The highest BCUT2D eigenvalue weighted by molar-refractivity contribution is 5.77. The second-order valence-electron chi connectivity index (χ2n) is 6.19. The van der Waals surface area contributed by atoms with E-state index in [9.17, 15) is 9.90 Å². The predicted molar refractivity (Wildman–Crippen MR) is 53.9 cm³/mol. The minimum absolute atomic E-state index is 0.0526. The topological polar surface area (TPSA) is 55.8 Å². The molecule has 0 spiro atoms. The van der Waals surface area contributed by atoms with Crippen molar-refractivity contribution in [1.82, 2.24) is 0 Å². The molecular weight excluding hydrogens is 208 g/mol. The summed E-state index contributed by atoms with van der Waals surface area (Å²) in [4.78, 5) is 11.7. The fraction of sp³-hybridized carbons (Fsp3) is 0.917. The maximum atomic E-state index is 11.7. The van der Waals surface area contributed by atoms with Crippen molar-refractivity contribution in [3.63, 3.8) is 0 Å². The van der Waals surface area contributed by atoms with E-state index in [4.69, 9.17) is 9.47 Å². The molecule has 16 heavy (non-hydrogen) atoms. The number of carboxylic acid groups (broad SMARTS) is 1. The van der Waals surface area contributed by atoms with Gasteiger partial charge in [-0.05, 0) is 32.1 Å². The summed E-state index contributed by atoms with van der Waals surface area (Å²) in [6.45, 7) is 2.65. The van der Waals surface area contributed by atoms with Crippen LogP contribution in [0.3, 0.4) is 0 Å². The molecule has 1 N–H and O–H groups in total. The van der Waals surface area contributed by atoms with Gasteiger partial charge in [-0.25, -0.2) is 0 Å². The normalized spacial score (nSPS) is 61.6. The van der Waals surface area contributed by atoms with Crippen LogP contribution in [0.15, 0.2) is 0 Å². The molecule has 3 aliphatic heterocycles. The lowest BCUT2D eigenvalue weighted by Gasteiger charge is -2.61. The monoisotopic (exact) mass is 224 g/mol. The SMILES string of the molecule is C[C@@]12C[C@H]3C[C@@H](O1)[C@@H]1CO[C@H]3[C@]1(C(=O)O)C2. The molecule has 6 bridgehead atoms. The van der Waals surface area contributed by atoms with Gasteiger partial charge >= 0.3 is 5.97 Å². The second kappa shape index (κ2) is 2.46. The van der Waals surface area contributed by atoms with Crippen LogP contribution in [0.1, 0.15) is 26.2 Å². The van der Waals surface area contributed by atoms with Crippen molar-refractivity contribution >= 4 is 5.97 Å². The Morgan fingerprint density at radius 1 is 1.50 bits per heavy atom. The Morgan fingerprint density at radius 3 is 3.06 bits per heavy atom. The average Bonchev–Trinajstić information content (AvgIpc) is 2.50. The molecule has 2 saturated carbocycles. The van der Waals surface area contributed by atoms with Crippen LogP contribution in [-0.4, -0.2) is 35.5 Å². The number of hydrogen-bond acceptors (Lipinski definition) is 3. The Bertz CT molecular complexity index is 357. The first-order chi connectivity index (χ1) is 7.55. The van der Waals surface area contributed by atoms with Crippen molar-refractivity contribution in [2.45, 2.75) is 44.0 Å². The Kier molecular flexibility index (Phi) is 1.45. The summed E-state index contributed by atoms with van der Waals surface area (Å²) in [5, 5.41) is 9.64. The molecule has 0 aromatic rings. The van der Waals surface area contributed by atoms with E-state index in [1.54, 1.807) is 0 Å². The van der Waals surface area contributed by atoms with Gasteiger partial charge in [-0.1, -0.05) is 0 Å². The summed E-state index contributed by atoms with van der Waals surface area (Å²) < 4.78 is 11.9. The Hall–Kier alpha value is -0.610. The maximum absolute atomic E-state index is 11.7. The van der Waals surface area contributed by atoms with Gasteiger partial charge < -0.3 is 14.6 Å². The number of rotatable bonds is 1. The highest BCUT2D eigenvalue weighted by atomic mass is 16.5. The van der Waals surface area contributed by atoms with E-state index in [1.165, 1.54) is 0 Å². The van der Waals surface area contributed by atoms with Crippen LogP contribution in [0.25, 0.3) is 0 Å². The molecule has 0 amide bonds. The lowest BCUT2D eigenvalue weighted by molar-refractivity contribution is -0.270. The zero-order chi connectivity index (χ0) is 11.1. The maximum Gasteiger partial charge on any atom is 0.312 e. The van der Waals surface area contributed by atoms with Crippen molar-refractivity contribution in [3.8, 4) is 0 Å². The molecule has 0 unspecified atom stereocenters. The standard InChI is InChI=1S/C12H16O4/c1-11-3-6-2-8(16-11)7-4-15-9(6)12(7,5-11)10(13)14/h6-9H,2-5H2,1H3,(H,13,14)/t6-,7+,8-,9-,11+,12+/m1/s1. The third kappa shape index (κ3) is 0.810. The fourth-order valence-electron chi connectivity index (χ4n) is 4.91. The lowest BCUT2D eigenvalue weighted by Crippen LogP contribution is -2.68. The summed E-state index contributed by atoms with van der Waals surface area (Å²) in [6.07, 6.45) is 2.67. The molecule has 4 nitrogen and oxygen atoms in total. The van der Waals surface area contributed by atoms with E-state index in [0.29, 0.717) is 18.9 Å². The fourth-order valence-corrected chi connectivity index (χ4v) is 4.91. The molecule has 0 aromatic heterocycles. The van der Waals surface area contributed by atoms with Crippen LogP contribution in [0.4, 0.5) is 0 Å². The van der Waals surface area contributed by atoms with Gasteiger partial charge in [-0.2, -0.15) is 0 Å². The highest BCUT2D eigenvalue weighted by Crippen LogP contribution is 2.65. The van der Waals surface area contributed by atoms with Gasteiger partial charge in [0.25, 0.3) is 0 Å². The smallest absolute Gasteiger partial charge is 0.312 e. The van der Waals surface area contributed by atoms with Gasteiger partial charge in [0.15, 0.2) is 0 Å². The minimum atomic E-state index is -0.663. The van der Waals surface area contributed by atoms with Gasteiger partial charge in [0, 0.05) is 5.92 Å². The summed E-state index contributed by atoms with van der Waals surface area (Å²) in [7, 11) is 0. The van der Waals surface area contributed by atoms with Crippen molar-refractivity contribution in [3.05, 3.63) is 0 Å². The van der Waals surface area contributed by atoms with Crippen LogP contribution in [0.2, 0.25) is 0 Å². The van der Waals surface area contributed by atoms with E-state index < -0.39 is 11.4 Å². The highest BCUT2D eigenvalue weighted by Gasteiger charge is 2.73. The number of hydrogen-bond donors (Lipinski definition) is 1. The first-order valence-corrected chi connectivity index (χ1v) is 6.08. The molecule has 2 aliphatic carbocycles. The molecule has 6 atom stereocenters. The zero-order valence-electron chi connectivity index (χ0n) is 9.31. The van der Waals surface area contributed by atoms with Crippen LogP contribution < -0.4 is 0 Å². The summed E-state index contributed by atoms with van der Waals surface area (Å²) in [5.74, 6) is -0.184. The number of aliphatic carboxylic acids is 1. The quantitative estimate of drug-likeness (QED) is 0.723. The molecule has 0 aromatic carbocycles. The first kappa shape index (κ1) is 9.42. The van der Waals surface area contributed by atoms with Crippen LogP contribution >= 0.6 is 0 Å². The largest absolute Gasteiger partial charge is 0.481 e. The molecule has 5 aliphatic rings. The summed E-state index contributed by atoms with van der Waals surface area (Å²) in [5.41, 5.74) is -0.856. The van der Waals surface area contributed by atoms with Crippen molar-refractivity contribution in [2.24, 2.45) is 17.3 Å². The molecule has 3 heterocycles. The van der Waals surface area contributed by atoms with Gasteiger partial charge in [-0.15, -0.1) is 0 Å². The van der Waals surface area contributed by atoms with Crippen molar-refractivity contribution in [2.75, 3.05) is 6.61 Å². The van der Waals surface area contributed by atoms with Crippen LogP contribution in [0, 0.1) is 17.3 Å². The molecule has 3 saturated heterocycles. The average molecular weight is 224 g/mol. The van der Waals surface area contributed by atoms with E-state index in [1.807, 2.05) is 0 Å². The number of carbonyl (C=O) groups is 1. The Labute approximate surface area is 93.9 Å². The van der Waals surface area contributed by atoms with Crippen molar-refractivity contribution in [1.29, 1.82) is 0 Å². The molecule has 4 heteroatoms. The van der Waals surface area contributed by atoms with Crippen LogP contribution in [0.5, 0.6) is 0 Å². The molecule has 5 rings (SSSR count). The predicted octanol–water partition coefficient (Wildman–Crippen LogP) is 1.04. The van der Waals surface area contributed by atoms with Gasteiger partial charge in [0.1, 0.15) is 5.41 Å². The Morgan fingerprint density at radius 2 is 2.31 bits per heavy atom. The molecular formula is C12H16O4. The second-order valence-corrected chi connectivity index (χ2v) is 6.19. The zero-order valence-corrected chi connectivity index (χ0v) is 9.31. The summed E-state index contributed by atoms with van der Waals surface area (Å²) >= 11 is 0. The number of carboxylic acids is 1. The third-order valence-corrected chi connectivity index (χ3v) is 5.23. The molecule has 5 fully saturated rings. The Balaban J connectivity index is 1.90. The van der Waals surface area contributed by atoms with Crippen LogP contribution in [-0.2, 0) is 14.3 Å². The number of ether oxygens (including phenoxy) is 2. The first-order valence-electron chi connectivity index (χ1n) is 6.08. The van der Waals surface area contributed by atoms with Crippen molar-refractivity contribution < 1.29 is 19.4 Å². The minimum Gasteiger partial charge on any atom is -0.481 e. The third-order valence-electron chi connectivity index (χ3n) is 5.23. The molecule has 0 radical (unpaired) electrons. The van der Waals surface area contributed by atoms with Gasteiger partial charge in [0.05, 0.1) is 24.4 Å².